The maximum absolute atomic E-state index is 13.1. The molecule has 4 aliphatic heterocycles. The van der Waals surface area contributed by atoms with Crippen LogP contribution in [-0.4, -0.2) is 104 Å². The molecule has 1 saturated carbocycles. The first kappa shape index (κ1) is 28.3. The van der Waals surface area contributed by atoms with Crippen molar-refractivity contribution >= 4 is 6.09 Å². The zero-order valence-corrected chi connectivity index (χ0v) is 24.4. The number of allylic oxidation sites excluding steroid dienone is 1. The van der Waals surface area contributed by atoms with Crippen LogP contribution in [0.15, 0.2) is 11.6 Å². The van der Waals surface area contributed by atoms with Gasteiger partial charge in [0.2, 0.25) is 0 Å². The van der Waals surface area contributed by atoms with Crippen LogP contribution >= 0.6 is 0 Å². The number of epoxide rings is 2. The number of likely N-dealkylation sites (tertiary alicyclic amines) is 1. The van der Waals surface area contributed by atoms with Gasteiger partial charge in [0.1, 0.15) is 23.4 Å². The normalized spacial score (nSPS) is 41.1. The van der Waals surface area contributed by atoms with Crippen LogP contribution < -0.4 is 0 Å². The van der Waals surface area contributed by atoms with Gasteiger partial charge in [-0.05, 0) is 72.3 Å². The van der Waals surface area contributed by atoms with E-state index < -0.39 is 0 Å². The number of rotatable bonds is 10. The Morgan fingerprint density at radius 1 is 1.18 bits per heavy atom. The van der Waals surface area contributed by atoms with Crippen LogP contribution in [0.5, 0.6) is 0 Å². The van der Waals surface area contributed by atoms with Gasteiger partial charge in [-0.25, -0.2) is 4.79 Å². The van der Waals surface area contributed by atoms with Crippen molar-refractivity contribution in [1.82, 2.24) is 9.80 Å². The number of ether oxygens (including phenoxy) is 5. The molecule has 8 heteroatoms. The van der Waals surface area contributed by atoms with Crippen LogP contribution in [0.4, 0.5) is 4.79 Å². The third kappa shape index (κ3) is 5.67. The molecule has 0 N–H and O–H groups in total. The van der Waals surface area contributed by atoms with E-state index in [0.29, 0.717) is 18.0 Å². The molecule has 0 aromatic heterocycles. The Balaban J connectivity index is 1.12. The van der Waals surface area contributed by atoms with Gasteiger partial charge in [0, 0.05) is 32.3 Å². The molecule has 0 radical (unpaired) electrons. The van der Waals surface area contributed by atoms with Crippen molar-refractivity contribution in [3.63, 3.8) is 0 Å². The Morgan fingerprint density at radius 3 is 2.61 bits per heavy atom. The first-order valence-electron chi connectivity index (χ1n) is 15.0. The summed E-state index contributed by atoms with van der Waals surface area (Å²) >= 11 is 0. The SMILES string of the molecule is CCCC1COCC(C)N1CCC1CN(C(=O)O[C@@H]2CC[C@]3(CO3)C([C@@]3(C)O[C@@H]3CC=C(C)C)[C@@H]2OC)C1. The van der Waals surface area contributed by atoms with Crippen LogP contribution in [0, 0.1) is 11.8 Å². The van der Waals surface area contributed by atoms with E-state index in [1.165, 1.54) is 18.4 Å². The van der Waals surface area contributed by atoms with Gasteiger partial charge in [-0.15, -0.1) is 0 Å². The maximum atomic E-state index is 13.1. The van der Waals surface area contributed by atoms with Gasteiger partial charge in [0.15, 0.2) is 0 Å². The zero-order valence-electron chi connectivity index (χ0n) is 24.4. The van der Waals surface area contributed by atoms with Gasteiger partial charge in [-0.2, -0.15) is 0 Å². The molecule has 1 amide bonds. The summed E-state index contributed by atoms with van der Waals surface area (Å²) in [7, 11) is 1.73. The van der Waals surface area contributed by atoms with Crippen molar-refractivity contribution in [2.24, 2.45) is 11.8 Å². The van der Waals surface area contributed by atoms with Gasteiger partial charge < -0.3 is 28.6 Å². The topological polar surface area (TPSA) is 76.3 Å². The molecule has 1 aliphatic carbocycles. The van der Waals surface area contributed by atoms with Crippen molar-refractivity contribution in [3.05, 3.63) is 11.6 Å². The predicted molar refractivity (Wildman–Crippen MR) is 145 cm³/mol. The molecule has 8 nitrogen and oxygen atoms in total. The zero-order chi connectivity index (χ0) is 27.1. The predicted octanol–water partition coefficient (Wildman–Crippen LogP) is 4.41. The van der Waals surface area contributed by atoms with Gasteiger partial charge in [-0.3, -0.25) is 4.90 Å². The minimum Gasteiger partial charge on any atom is -0.443 e. The summed E-state index contributed by atoms with van der Waals surface area (Å²) in [5.74, 6) is 0.591. The van der Waals surface area contributed by atoms with Crippen molar-refractivity contribution in [2.45, 2.75) is 115 Å². The lowest BCUT2D eigenvalue weighted by atomic mass is 9.68. The molecule has 3 unspecified atom stereocenters. The van der Waals surface area contributed by atoms with E-state index in [4.69, 9.17) is 23.7 Å². The molecular formula is C30H50N2O6. The molecule has 0 aromatic rings. The van der Waals surface area contributed by atoms with E-state index in [1.54, 1.807) is 7.11 Å². The maximum Gasteiger partial charge on any atom is 0.410 e. The lowest BCUT2D eigenvalue weighted by Gasteiger charge is -2.45. The van der Waals surface area contributed by atoms with Crippen LogP contribution in [-0.2, 0) is 23.7 Å². The summed E-state index contributed by atoms with van der Waals surface area (Å²) in [6, 6.07) is 0.983. The van der Waals surface area contributed by atoms with Gasteiger partial charge in [0.05, 0.1) is 31.8 Å². The lowest BCUT2D eigenvalue weighted by Crippen LogP contribution is -2.58. The average molecular weight is 535 g/mol. The molecule has 216 valence electrons. The number of nitrogens with zero attached hydrogens (tertiary/aromatic N) is 2. The Morgan fingerprint density at radius 2 is 1.95 bits per heavy atom. The van der Waals surface area contributed by atoms with Crippen molar-refractivity contribution in [1.29, 1.82) is 0 Å². The second-order valence-electron chi connectivity index (χ2n) is 12.9. The number of methoxy groups -OCH3 is 1. The second-order valence-corrected chi connectivity index (χ2v) is 12.9. The summed E-state index contributed by atoms with van der Waals surface area (Å²) in [6.07, 6.45) is 7.69. The molecule has 38 heavy (non-hydrogen) atoms. The monoisotopic (exact) mass is 534 g/mol. The highest BCUT2D eigenvalue weighted by Crippen LogP contribution is 2.59. The minimum atomic E-state index is -0.317. The van der Waals surface area contributed by atoms with Crippen LogP contribution in [0.3, 0.4) is 0 Å². The molecular weight excluding hydrogens is 484 g/mol. The number of morpholine rings is 1. The molecule has 8 atom stereocenters. The summed E-state index contributed by atoms with van der Waals surface area (Å²) in [4.78, 5) is 17.6. The van der Waals surface area contributed by atoms with Crippen LogP contribution in [0.1, 0.15) is 73.1 Å². The third-order valence-corrected chi connectivity index (χ3v) is 9.83. The van der Waals surface area contributed by atoms with Gasteiger partial charge in [-0.1, -0.05) is 25.0 Å². The van der Waals surface area contributed by atoms with E-state index >= 15 is 0 Å². The van der Waals surface area contributed by atoms with E-state index in [-0.39, 0.29) is 41.5 Å². The number of amides is 1. The molecule has 5 rings (SSSR count). The largest absolute Gasteiger partial charge is 0.443 e. The minimum absolute atomic E-state index is 0.0535. The molecule has 5 aliphatic rings. The summed E-state index contributed by atoms with van der Waals surface area (Å²) < 4.78 is 30.3. The summed E-state index contributed by atoms with van der Waals surface area (Å²) in [5, 5.41) is 0. The average Bonchev–Trinajstić information content (AvgIpc) is 3.76. The highest BCUT2D eigenvalue weighted by Gasteiger charge is 2.72. The second kappa shape index (κ2) is 11.4. The molecule has 0 bridgehead atoms. The Kier molecular flexibility index (Phi) is 8.47. The smallest absolute Gasteiger partial charge is 0.410 e. The molecule has 4 saturated heterocycles. The van der Waals surface area contributed by atoms with Crippen LogP contribution in [0.25, 0.3) is 0 Å². The van der Waals surface area contributed by atoms with Crippen molar-refractivity contribution < 1.29 is 28.5 Å². The number of carbonyl (C=O) groups excluding carboxylic acids is 1. The number of hydrogen-bond acceptors (Lipinski definition) is 7. The molecule has 4 heterocycles. The van der Waals surface area contributed by atoms with Crippen molar-refractivity contribution in [3.8, 4) is 0 Å². The standard InChI is InChI=1S/C30H50N2O6/c1-7-8-23-18-35-17-21(4)32(23)14-12-22-15-31(16-22)28(33)37-24-11-13-30(19-36-30)27(26(24)34-6)29(5)25(38-29)10-9-20(2)3/h9,21-27H,7-8,10-19H2,1-6H3/t21?,23?,24-,25-,26-,27?,29+,30+/m1/s1. The molecule has 1 spiro atoms. The van der Waals surface area contributed by atoms with Gasteiger partial charge in [0.25, 0.3) is 0 Å². The van der Waals surface area contributed by atoms with E-state index in [0.717, 1.165) is 65.1 Å². The fourth-order valence-corrected chi connectivity index (χ4v) is 7.42. The number of hydrogen-bond donors (Lipinski definition) is 0. The number of carbonyl (C=O) groups is 1. The summed E-state index contributed by atoms with van der Waals surface area (Å²) in [5.41, 5.74) is 0.779. The third-order valence-electron chi connectivity index (χ3n) is 9.83. The fourth-order valence-electron chi connectivity index (χ4n) is 7.42. The van der Waals surface area contributed by atoms with E-state index in [1.807, 2.05) is 4.90 Å². The van der Waals surface area contributed by atoms with Gasteiger partial charge >= 0.3 is 6.09 Å². The lowest BCUT2D eigenvalue weighted by molar-refractivity contribution is -0.124. The first-order valence-corrected chi connectivity index (χ1v) is 15.0. The highest BCUT2D eigenvalue weighted by molar-refractivity contribution is 5.69. The Bertz CT molecular complexity index is 865. The van der Waals surface area contributed by atoms with Crippen molar-refractivity contribution in [2.75, 3.05) is 46.6 Å². The fraction of sp³-hybridized carbons (Fsp3) is 0.900. The summed E-state index contributed by atoms with van der Waals surface area (Å²) in [6.45, 7) is 16.0. The van der Waals surface area contributed by atoms with Crippen LogP contribution in [0.2, 0.25) is 0 Å². The quantitative estimate of drug-likeness (QED) is 0.304. The Hall–Kier alpha value is -1.19. The van der Waals surface area contributed by atoms with E-state index in [9.17, 15) is 4.79 Å². The highest BCUT2D eigenvalue weighted by atomic mass is 16.6. The first-order chi connectivity index (χ1) is 18.2. The Labute approximate surface area is 229 Å². The molecule has 5 fully saturated rings. The molecule has 0 aromatic carbocycles. The van der Waals surface area contributed by atoms with E-state index in [2.05, 4.69) is 45.6 Å².